The van der Waals surface area contributed by atoms with E-state index in [1.165, 1.54) is 44.1 Å². The minimum Gasteiger partial charge on any atom is -0.495 e. The number of carbonyl (C=O) groups excluding carboxylic acids is 1. The quantitative estimate of drug-likeness (QED) is 0.443. The van der Waals surface area contributed by atoms with Crippen LogP contribution in [0.4, 0.5) is 5.13 Å². The first-order valence-corrected chi connectivity index (χ1v) is 14.7. The van der Waals surface area contributed by atoms with Crippen LogP contribution in [0.2, 0.25) is 0 Å². The van der Waals surface area contributed by atoms with Crippen LogP contribution in [0.3, 0.4) is 0 Å². The molecule has 1 aromatic heterocycles. The van der Waals surface area contributed by atoms with Gasteiger partial charge in [0, 0.05) is 12.5 Å². The number of carbonyl (C=O) groups is 1. The van der Waals surface area contributed by atoms with E-state index in [0.29, 0.717) is 48.7 Å². The van der Waals surface area contributed by atoms with Crippen molar-refractivity contribution in [2.75, 3.05) is 12.4 Å². The van der Waals surface area contributed by atoms with Crippen molar-refractivity contribution in [2.24, 2.45) is 5.92 Å². The summed E-state index contributed by atoms with van der Waals surface area (Å²) in [6.45, 7) is 1.85. The molecule has 192 valence electrons. The Bertz CT molecular complexity index is 1130. The molecule has 2 saturated carbocycles. The zero-order valence-electron chi connectivity index (χ0n) is 20.4. The standard InChI is InChI=1S/C25H35N3O5S2/c1-16-24(34-25(26-16)27-23(30)14-7-17-5-3-4-6-17)18-8-13-21(33-2)22(15-18)35(31,32)28-19-9-11-20(29)12-10-19/h8,13,15,17,19-20,28-29H,3-7,9-12,14H2,1-2H3,(H,26,27,30). The number of nitrogens with zero attached hydrogens (tertiary/aromatic N) is 1. The molecule has 2 aliphatic rings. The van der Waals surface area contributed by atoms with E-state index in [1.54, 1.807) is 18.2 Å². The summed E-state index contributed by atoms with van der Waals surface area (Å²) in [5.74, 6) is 0.887. The van der Waals surface area contributed by atoms with Gasteiger partial charge in [-0.05, 0) is 68.7 Å². The number of aliphatic hydroxyl groups is 1. The number of aromatic nitrogens is 1. The van der Waals surface area contributed by atoms with Crippen LogP contribution >= 0.6 is 11.3 Å². The molecule has 10 heteroatoms. The summed E-state index contributed by atoms with van der Waals surface area (Å²) in [7, 11) is -2.39. The first-order chi connectivity index (χ1) is 16.7. The molecule has 0 spiro atoms. The zero-order chi connectivity index (χ0) is 25.0. The largest absolute Gasteiger partial charge is 0.495 e. The highest BCUT2D eigenvalue weighted by atomic mass is 32.2. The molecular formula is C25H35N3O5S2. The maximum atomic E-state index is 13.2. The van der Waals surface area contributed by atoms with Crippen LogP contribution in [0.1, 0.15) is 69.9 Å². The van der Waals surface area contributed by atoms with Crippen molar-refractivity contribution in [1.29, 1.82) is 0 Å². The summed E-state index contributed by atoms with van der Waals surface area (Å²) in [6, 6.07) is 4.84. The lowest BCUT2D eigenvalue weighted by Gasteiger charge is -2.26. The molecule has 0 bridgehead atoms. The van der Waals surface area contributed by atoms with Crippen LogP contribution in [-0.4, -0.2) is 43.7 Å². The maximum Gasteiger partial charge on any atom is 0.244 e. The summed E-state index contributed by atoms with van der Waals surface area (Å²) in [4.78, 5) is 17.8. The van der Waals surface area contributed by atoms with Gasteiger partial charge in [0.25, 0.3) is 0 Å². The van der Waals surface area contributed by atoms with Gasteiger partial charge < -0.3 is 15.2 Å². The molecule has 0 saturated heterocycles. The Morgan fingerprint density at radius 1 is 1.17 bits per heavy atom. The van der Waals surface area contributed by atoms with Crippen LogP contribution in [0.25, 0.3) is 10.4 Å². The van der Waals surface area contributed by atoms with Gasteiger partial charge in [0.2, 0.25) is 15.9 Å². The van der Waals surface area contributed by atoms with Gasteiger partial charge in [0.15, 0.2) is 5.13 Å². The van der Waals surface area contributed by atoms with Gasteiger partial charge in [-0.1, -0.05) is 37.0 Å². The molecule has 1 amide bonds. The van der Waals surface area contributed by atoms with Crippen molar-refractivity contribution in [3.8, 4) is 16.2 Å². The number of anilines is 1. The number of benzene rings is 1. The summed E-state index contributed by atoms with van der Waals surface area (Å²) in [5, 5.41) is 13.2. The molecule has 35 heavy (non-hydrogen) atoms. The number of thiazole rings is 1. The maximum absolute atomic E-state index is 13.2. The van der Waals surface area contributed by atoms with Crippen LogP contribution < -0.4 is 14.8 Å². The molecule has 3 N–H and O–H groups in total. The molecule has 0 unspecified atom stereocenters. The third-order valence-electron chi connectivity index (χ3n) is 7.03. The average Bonchev–Trinajstić information content (AvgIpc) is 3.48. The number of amides is 1. The third-order valence-corrected chi connectivity index (χ3v) is 9.69. The molecule has 1 aromatic carbocycles. The second-order valence-corrected chi connectivity index (χ2v) is 12.3. The van der Waals surface area contributed by atoms with E-state index in [1.807, 2.05) is 6.92 Å². The van der Waals surface area contributed by atoms with E-state index in [2.05, 4.69) is 15.0 Å². The van der Waals surface area contributed by atoms with Crippen LogP contribution in [0, 0.1) is 12.8 Å². The lowest BCUT2D eigenvalue weighted by molar-refractivity contribution is -0.116. The summed E-state index contributed by atoms with van der Waals surface area (Å²) in [6.07, 6.45) is 8.37. The average molecular weight is 522 g/mol. The Labute approximate surface area is 211 Å². The first kappa shape index (κ1) is 26.1. The van der Waals surface area contributed by atoms with Gasteiger partial charge in [-0.3, -0.25) is 4.79 Å². The Kier molecular flexibility index (Phi) is 8.46. The van der Waals surface area contributed by atoms with Crippen LogP contribution in [-0.2, 0) is 14.8 Å². The lowest BCUT2D eigenvalue weighted by atomic mass is 9.94. The first-order valence-electron chi connectivity index (χ1n) is 12.4. The van der Waals surface area contributed by atoms with Gasteiger partial charge in [-0.15, -0.1) is 0 Å². The Hall–Kier alpha value is -2.01. The topological polar surface area (TPSA) is 118 Å². The summed E-state index contributed by atoms with van der Waals surface area (Å²) in [5.41, 5.74) is 1.43. The molecule has 4 rings (SSSR count). The molecule has 0 aliphatic heterocycles. The van der Waals surface area contributed by atoms with Crippen molar-refractivity contribution in [3.05, 3.63) is 23.9 Å². The monoisotopic (exact) mass is 521 g/mol. The van der Waals surface area contributed by atoms with E-state index in [-0.39, 0.29) is 28.7 Å². The van der Waals surface area contributed by atoms with E-state index in [9.17, 15) is 18.3 Å². The predicted octanol–water partition coefficient (Wildman–Crippen LogP) is 4.62. The van der Waals surface area contributed by atoms with Crippen LogP contribution in [0.5, 0.6) is 5.75 Å². The van der Waals surface area contributed by atoms with Gasteiger partial charge in [-0.25, -0.2) is 18.1 Å². The number of sulfonamides is 1. The molecule has 0 radical (unpaired) electrons. The number of hydrogen-bond donors (Lipinski definition) is 3. The minimum absolute atomic E-state index is 0.0306. The number of ether oxygens (including phenoxy) is 1. The normalized spacial score (nSPS) is 21.2. The molecule has 0 atom stereocenters. The van der Waals surface area contributed by atoms with Crippen molar-refractivity contribution in [1.82, 2.24) is 9.71 Å². The summed E-state index contributed by atoms with van der Waals surface area (Å²) < 4.78 is 34.6. The fourth-order valence-electron chi connectivity index (χ4n) is 5.04. The molecule has 8 nitrogen and oxygen atoms in total. The highest BCUT2D eigenvalue weighted by Gasteiger charge is 2.28. The predicted molar refractivity (Wildman–Crippen MR) is 137 cm³/mol. The number of hydrogen-bond acceptors (Lipinski definition) is 7. The smallest absolute Gasteiger partial charge is 0.244 e. The highest BCUT2D eigenvalue weighted by Crippen LogP contribution is 2.37. The van der Waals surface area contributed by atoms with Gasteiger partial charge in [0.05, 0.1) is 23.8 Å². The van der Waals surface area contributed by atoms with E-state index in [4.69, 9.17) is 4.74 Å². The highest BCUT2D eigenvalue weighted by molar-refractivity contribution is 7.89. The number of nitrogens with one attached hydrogen (secondary N) is 2. The van der Waals surface area contributed by atoms with Gasteiger partial charge >= 0.3 is 0 Å². The molecular weight excluding hydrogens is 486 g/mol. The van der Waals surface area contributed by atoms with Crippen molar-refractivity contribution in [2.45, 2.75) is 88.2 Å². The fourth-order valence-corrected chi connectivity index (χ4v) is 7.52. The Morgan fingerprint density at radius 3 is 2.57 bits per heavy atom. The zero-order valence-corrected chi connectivity index (χ0v) is 22.0. The van der Waals surface area contributed by atoms with Crippen molar-refractivity contribution >= 4 is 32.4 Å². The van der Waals surface area contributed by atoms with Crippen molar-refractivity contribution < 1.29 is 23.1 Å². The molecule has 2 aliphatic carbocycles. The SMILES string of the molecule is COc1ccc(-c2sc(NC(=O)CCC3CCCC3)nc2C)cc1S(=O)(=O)NC1CCC(O)CC1. The number of methoxy groups -OCH3 is 1. The van der Waals surface area contributed by atoms with E-state index in [0.717, 1.165) is 17.0 Å². The van der Waals surface area contributed by atoms with E-state index < -0.39 is 10.0 Å². The molecule has 2 aromatic rings. The van der Waals surface area contributed by atoms with Crippen LogP contribution in [0.15, 0.2) is 23.1 Å². The molecule has 2 fully saturated rings. The van der Waals surface area contributed by atoms with E-state index >= 15 is 0 Å². The third kappa shape index (κ3) is 6.61. The Balaban J connectivity index is 1.49. The summed E-state index contributed by atoms with van der Waals surface area (Å²) >= 11 is 1.34. The minimum atomic E-state index is -3.83. The number of rotatable bonds is 9. The number of aliphatic hydroxyl groups excluding tert-OH is 1. The van der Waals surface area contributed by atoms with Gasteiger partial charge in [0.1, 0.15) is 10.6 Å². The van der Waals surface area contributed by atoms with Gasteiger partial charge in [-0.2, -0.15) is 0 Å². The van der Waals surface area contributed by atoms with Crippen molar-refractivity contribution in [3.63, 3.8) is 0 Å². The fraction of sp³-hybridized carbons (Fsp3) is 0.600. The second-order valence-electron chi connectivity index (χ2n) is 9.66. The second kappa shape index (κ2) is 11.4. The number of aryl methyl sites for hydroxylation is 1. The lowest BCUT2D eigenvalue weighted by Crippen LogP contribution is -2.38. The Morgan fingerprint density at radius 2 is 1.89 bits per heavy atom. The molecule has 1 heterocycles.